The highest BCUT2D eigenvalue weighted by atomic mass is 32.2. The van der Waals surface area contributed by atoms with Crippen LogP contribution in [0.3, 0.4) is 0 Å². The average Bonchev–Trinajstić information content (AvgIpc) is 2.71. The minimum atomic E-state index is -0.309. The molecule has 1 aliphatic heterocycles. The van der Waals surface area contributed by atoms with E-state index in [-0.39, 0.29) is 25.1 Å². The van der Waals surface area contributed by atoms with Gasteiger partial charge in [0.2, 0.25) is 5.91 Å². The normalized spacial score (nSPS) is 15.1. The van der Waals surface area contributed by atoms with Crippen LogP contribution in [0.15, 0.2) is 29.2 Å². The number of aliphatic hydroxyl groups is 1. The van der Waals surface area contributed by atoms with Crippen molar-refractivity contribution in [3.05, 3.63) is 29.8 Å². The lowest BCUT2D eigenvalue weighted by Crippen LogP contribution is -2.32. The maximum Gasteiger partial charge on any atom is 0.324 e. The van der Waals surface area contributed by atoms with E-state index in [0.29, 0.717) is 12.3 Å². The van der Waals surface area contributed by atoms with Gasteiger partial charge in [-0.05, 0) is 17.7 Å². The van der Waals surface area contributed by atoms with Crippen LogP contribution < -0.4 is 5.32 Å². The average molecular weight is 266 g/mol. The van der Waals surface area contributed by atoms with Crippen LogP contribution in [0.25, 0.3) is 0 Å². The summed E-state index contributed by atoms with van der Waals surface area (Å²) in [5.41, 5.74) is 0.869. The van der Waals surface area contributed by atoms with E-state index < -0.39 is 0 Å². The Kier molecular flexibility index (Phi) is 4.22. The maximum atomic E-state index is 11.3. The molecule has 18 heavy (non-hydrogen) atoms. The number of imide groups is 1. The molecule has 2 N–H and O–H groups in total. The van der Waals surface area contributed by atoms with Crippen LogP contribution in [-0.4, -0.2) is 40.8 Å². The number of carbonyl (C=O) groups is 2. The number of hydrogen-bond acceptors (Lipinski definition) is 4. The van der Waals surface area contributed by atoms with E-state index in [0.717, 1.165) is 10.5 Å². The molecule has 3 amide bonds. The molecular formula is C12H14N2O3S. The van der Waals surface area contributed by atoms with Crippen LogP contribution in [0.2, 0.25) is 0 Å². The third-order valence-corrected chi connectivity index (χ3v) is 3.62. The third kappa shape index (κ3) is 3.02. The van der Waals surface area contributed by atoms with Gasteiger partial charge in [-0.3, -0.25) is 9.69 Å². The van der Waals surface area contributed by atoms with Crippen LogP contribution in [0.1, 0.15) is 5.56 Å². The molecule has 1 heterocycles. The monoisotopic (exact) mass is 266 g/mol. The van der Waals surface area contributed by atoms with Crippen molar-refractivity contribution >= 4 is 23.7 Å². The van der Waals surface area contributed by atoms with Gasteiger partial charge in [0.1, 0.15) is 0 Å². The number of amides is 3. The molecule has 0 aliphatic carbocycles. The summed E-state index contributed by atoms with van der Waals surface area (Å²) < 4.78 is 0. The third-order valence-electron chi connectivity index (χ3n) is 2.63. The predicted molar refractivity (Wildman–Crippen MR) is 68.2 cm³/mol. The maximum absolute atomic E-state index is 11.3. The number of hydrogen-bond donors (Lipinski definition) is 2. The van der Waals surface area contributed by atoms with Crippen molar-refractivity contribution in [2.45, 2.75) is 11.5 Å². The molecule has 0 atom stereocenters. The first-order valence-corrected chi connectivity index (χ1v) is 6.60. The van der Waals surface area contributed by atoms with Gasteiger partial charge in [-0.1, -0.05) is 12.1 Å². The molecule has 1 aromatic rings. The van der Waals surface area contributed by atoms with Crippen molar-refractivity contribution in [2.75, 3.05) is 18.8 Å². The number of nitrogens with zero attached hydrogens (tertiary/aromatic N) is 1. The van der Waals surface area contributed by atoms with Crippen molar-refractivity contribution in [2.24, 2.45) is 0 Å². The number of benzene rings is 1. The van der Waals surface area contributed by atoms with E-state index in [1.165, 1.54) is 4.90 Å². The first-order valence-electron chi connectivity index (χ1n) is 5.61. The molecule has 2 rings (SSSR count). The van der Waals surface area contributed by atoms with Crippen LogP contribution >= 0.6 is 11.8 Å². The van der Waals surface area contributed by atoms with E-state index in [2.05, 4.69) is 5.32 Å². The van der Waals surface area contributed by atoms with Crippen LogP contribution in [0, 0.1) is 0 Å². The van der Waals surface area contributed by atoms with Crippen LogP contribution in [0.4, 0.5) is 4.79 Å². The second kappa shape index (κ2) is 5.88. The van der Waals surface area contributed by atoms with Crippen LogP contribution in [0.5, 0.6) is 0 Å². The first kappa shape index (κ1) is 12.9. The lowest BCUT2D eigenvalue weighted by molar-refractivity contribution is -0.124. The number of nitrogens with one attached hydrogen (secondary N) is 1. The lowest BCUT2D eigenvalue weighted by atomic mass is 10.2. The summed E-state index contributed by atoms with van der Waals surface area (Å²) in [7, 11) is 0. The smallest absolute Gasteiger partial charge is 0.324 e. The van der Waals surface area contributed by atoms with Gasteiger partial charge in [0.15, 0.2) is 0 Å². The summed E-state index contributed by atoms with van der Waals surface area (Å²) in [6.07, 6.45) is 0. The molecule has 1 fully saturated rings. The number of rotatable bonds is 5. The van der Waals surface area contributed by atoms with Crippen molar-refractivity contribution in [3.63, 3.8) is 0 Å². The fourth-order valence-electron chi connectivity index (χ4n) is 1.63. The Bertz CT molecular complexity index is 431. The lowest BCUT2D eigenvalue weighted by Gasteiger charge is -2.11. The number of urea groups is 1. The highest BCUT2D eigenvalue weighted by Crippen LogP contribution is 2.18. The summed E-state index contributed by atoms with van der Waals surface area (Å²) in [6.45, 7) is 0.555. The summed E-state index contributed by atoms with van der Waals surface area (Å²) in [5.74, 6) is 0.494. The van der Waals surface area contributed by atoms with Crippen molar-refractivity contribution in [3.8, 4) is 0 Å². The molecule has 96 valence electrons. The fraction of sp³-hybridized carbons (Fsp3) is 0.333. The SMILES string of the molecule is O=C1CNC(=O)N1CCSc1ccc(CO)cc1. The molecule has 0 saturated carbocycles. The van der Waals surface area contributed by atoms with E-state index in [1.54, 1.807) is 11.8 Å². The predicted octanol–water partition coefficient (Wildman–Crippen LogP) is 0.823. The Morgan fingerprint density at radius 1 is 1.28 bits per heavy atom. The number of aliphatic hydroxyl groups excluding tert-OH is 1. The van der Waals surface area contributed by atoms with E-state index in [4.69, 9.17) is 5.11 Å². The van der Waals surface area contributed by atoms with E-state index in [1.807, 2.05) is 24.3 Å². The van der Waals surface area contributed by atoms with Gasteiger partial charge in [-0.2, -0.15) is 0 Å². The summed E-state index contributed by atoms with van der Waals surface area (Å²) in [6, 6.07) is 7.24. The van der Waals surface area contributed by atoms with Gasteiger partial charge in [0, 0.05) is 17.2 Å². The van der Waals surface area contributed by atoms with E-state index in [9.17, 15) is 9.59 Å². The quantitative estimate of drug-likeness (QED) is 0.611. The minimum absolute atomic E-state index is 0.0351. The Morgan fingerprint density at radius 3 is 2.56 bits per heavy atom. The minimum Gasteiger partial charge on any atom is -0.392 e. The molecule has 6 heteroatoms. The van der Waals surface area contributed by atoms with Crippen molar-refractivity contribution in [1.29, 1.82) is 0 Å². The Morgan fingerprint density at radius 2 is 2.00 bits per heavy atom. The molecule has 0 spiro atoms. The standard InChI is InChI=1S/C12H14N2O3S/c15-8-9-1-3-10(4-2-9)18-6-5-14-11(16)7-13-12(14)17/h1-4,15H,5-8H2,(H,13,17). The number of carbonyl (C=O) groups excluding carboxylic acids is 2. The molecule has 1 aromatic carbocycles. The second-order valence-corrected chi connectivity index (χ2v) is 5.02. The zero-order chi connectivity index (χ0) is 13.0. The Labute approximate surface area is 109 Å². The molecule has 1 aliphatic rings. The number of thioether (sulfide) groups is 1. The second-order valence-electron chi connectivity index (χ2n) is 3.85. The molecule has 5 nitrogen and oxygen atoms in total. The molecule has 0 unspecified atom stereocenters. The highest BCUT2D eigenvalue weighted by Gasteiger charge is 2.27. The molecule has 0 bridgehead atoms. The van der Waals surface area contributed by atoms with E-state index >= 15 is 0 Å². The summed E-state index contributed by atoms with van der Waals surface area (Å²) in [5, 5.41) is 11.4. The Balaban J connectivity index is 1.81. The summed E-state index contributed by atoms with van der Waals surface area (Å²) >= 11 is 1.58. The fourth-order valence-corrected chi connectivity index (χ4v) is 2.47. The van der Waals surface area contributed by atoms with Gasteiger partial charge in [0.05, 0.1) is 13.2 Å². The Hall–Kier alpha value is -1.53. The highest BCUT2D eigenvalue weighted by molar-refractivity contribution is 7.99. The zero-order valence-electron chi connectivity index (χ0n) is 9.76. The van der Waals surface area contributed by atoms with Gasteiger partial charge in [-0.15, -0.1) is 11.8 Å². The zero-order valence-corrected chi connectivity index (χ0v) is 10.6. The molecule has 1 saturated heterocycles. The van der Waals surface area contributed by atoms with Crippen molar-refractivity contribution < 1.29 is 14.7 Å². The van der Waals surface area contributed by atoms with Gasteiger partial charge in [-0.25, -0.2) is 4.79 Å². The van der Waals surface area contributed by atoms with Gasteiger partial charge >= 0.3 is 6.03 Å². The van der Waals surface area contributed by atoms with Gasteiger partial charge < -0.3 is 10.4 Å². The van der Waals surface area contributed by atoms with Crippen molar-refractivity contribution in [1.82, 2.24) is 10.2 Å². The summed E-state index contributed by atoms with van der Waals surface area (Å²) in [4.78, 5) is 24.9. The topological polar surface area (TPSA) is 69.6 Å². The molecule has 0 aromatic heterocycles. The molecular weight excluding hydrogens is 252 g/mol. The first-order chi connectivity index (χ1) is 8.70. The molecule has 0 radical (unpaired) electrons. The largest absolute Gasteiger partial charge is 0.392 e. The van der Waals surface area contributed by atoms with Crippen LogP contribution in [-0.2, 0) is 11.4 Å². The van der Waals surface area contributed by atoms with Gasteiger partial charge in [0.25, 0.3) is 0 Å².